The molecule has 4 nitrogen and oxygen atoms in total. The van der Waals surface area contributed by atoms with E-state index in [0.29, 0.717) is 12.3 Å². The van der Waals surface area contributed by atoms with E-state index in [-0.39, 0.29) is 5.91 Å². The van der Waals surface area contributed by atoms with Gasteiger partial charge in [-0.05, 0) is 31.5 Å². The van der Waals surface area contributed by atoms with Gasteiger partial charge in [-0.3, -0.25) is 4.79 Å². The van der Waals surface area contributed by atoms with Crippen LogP contribution in [-0.4, -0.2) is 29.7 Å². The van der Waals surface area contributed by atoms with E-state index >= 15 is 0 Å². The molecule has 0 radical (unpaired) electrons. The molecule has 0 atom stereocenters. The van der Waals surface area contributed by atoms with Crippen LogP contribution in [0.15, 0.2) is 18.3 Å². The summed E-state index contributed by atoms with van der Waals surface area (Å²) in [5, 5.41) is 5.95. The SMILES string of the molecule is CCNC(=O)CSCc1ccnc(NCC)c1. The number of carbonyl (C=O) groups excluding carboxylic acids is 1. The van der Waals surface area contributed by atoms with Crippen LogP contribution in [0.5, 0.6) is 0 Å². The smallest absolute Gasteiger partial charge is 0.229 e. The first-order valence-corrected chi connectivity index (χ1v) is 6.95. The van der Waals surface area contributed by atoms with Crippen molar-refractivity contribution in [1.82, 2.24) is 10.3 Å². The van der Waals surface area contributed by atoms with Crippen LogP contribution in [0.2, 0.25) is 0 Å². The van der Waals surface area contributed by atoms with E-state index in [4.69, 9.17) is 0 Å². The Morgan fingerprint density at radius 1 is 1.41 bits per heavy atom. The van der Waals surface area contributed by atoms with Gasteiger partial charge in [0.05, 0.1) is 5.75 Å². The lowest BCUT2D eigenvalue weighted by atomic mass is 10.3. The van der Waals surface area contributed by atoms with E-state index < -0.39 is 0 Å². The molecule has 94 valence electrons. The molecule has 0 aliphatic heterocycles. The van der Waals surface area contributed by atoms with Crippen LogP contribution in [0, 0.1) is 0 Å². The van der Waals surface area contributed by atoms with E-state index in [1.807, 2.05) is 26.0 Å². The number of hydrogen-bond donors (Lipinski definition) is 2. The molecule has 0 fully saturated rings. The third kappa shape index (κ3) is 5.58. The molecule has 0 bridgehead atoms. The Labute approximate surface area is 107 Å². The molecule has 1 aromatic rings. The molecule has 1 heterocycles. The average molecular weight is 253 g/mol. The van der Waals surface area contributed by atoms with Gasteiger partial charge in [0.2, 0.25) is 5.91 Å². The minimum Gasteiger partial charge on any atom is -0.370 e. The molecule has 17 heavy (non-hydrogen) atoms. The van der Waals surface area contributed by atoms with E-state index in [1.54, 1.807) is 18.0 Å². The van der Waals surface area contributed by atoms with Crippen molar-refractivity contribution in [1.29, 1.82) is 0 Å². The van der Waals surface area contributed by atoms with E-state index in [0.717, 1.165) is 18.1 Å². The number of pyridine rings is 1. The Hall–Kier alpha value is -1.23. The predicted molar refractivity (Wildman–Crippen MR) is 73.2 cm³/mol. The van der Waals surface area contributed by atoms with Gasteiger partial charge in [0.15, 0.2) is 0 Å². The van der Waals surface area contributed by atoms with Crippen molar-refractivity contribution in [2.45, 2.75) is 19.6 Å². The number of nitrogens with zero attached hydrogens (tertiary/aromatic N) is 1. The Bertz CT molecular complexity index is 357. The minimum atomic E-state index is 0.0958. The number of nitrogens with one attached hydrogen (secondary N) is 2. The van der Waals surface area contributed by atoms with Crippen LogP contribution >= 0.6 is 11.8 Å². The van der Waals surface area contributed by atoms with Crippen LogP contribution in [-0.2, 0) is 10.5 Å². The van der Waals surface area contributed by atoms with Gasteiger partial charge >= 0.3 is 0 Å². The molecular weight excluding hydrogens is 234 g/mol. The second kappa shape index (κ2) is 7.95. The lowest BCUT2D eigenvalue weighted by Crippen LogP contribution is -2.24. The van der Waals surface area contributed by atoms with Crippen molar-refractivity contribution in [3.05, 3.63) is 23.9 Å². The van der Waals surface area contributed by atoms with Gasteiger partial charge in [0, 0.05) is 25.0 Å². The zero-order valence-corrected chi connectivity index (χ0v) is 11.1. The second-order valence-electron chi connectivity index (χ2n) is 3.53. The van der Waals surface area contributed by atoms with Crippen LogP contribution in [0.4, 0.5) is 5.82 Å². The molecule has 1 rings (SSSR count). The summed E-state index contributed by atoms with van der Waals surface area (Å²) in [6.07, 6.45) is 1.79. The summed E-state index contributed by atoms with van der Waals surface area (Å²) < 4.78 is 0. The molecule has 1 amide bonds. The molecular formula is C12H19N3OS. The van der Waals surface area contributed by atoms with Crippen molar-refractivity contribution >= 4 is 23.5 Å². The second-order valence-corrected chi connectivity index (χ2v) is 4.51. The quantitative estimate of drug-likeness (QED) is 0.779. The molecule has 0 aliphatic rings. The van der Waals surface area contributed by atoms with Gasteiger partial charge in [0.1, 0.15) is 5.82 Å². The first-order chi connectivity index (χ1) is 8.26. The van der Waals surface area contributed by atoms with Gasteiger partial charge in [-0.1, -0.05) is 0 Å². The minimum absolute atomic E-state index is 0.0958. The third-order valence-corrected chi connectivity index (χ3v) is 3.06. The highest BCUT2D eigenvalue weighted by Gasteiger charge is 2.01. The number of amides is 1. The number of carbonyl (C=O) groups is 1. The lowest BCUT2D eigenvalue weighted by Gasteiger charge is -2.05. The Morgan fingerprint density at radius 2 is 2.24 bits per heavy atom. The maximum Gasteiger partial charge on any atom is 0.229 e. The summed E-state index contributed by atoms with van der Waals surface area (Å²) in [5.41, 5.74) is 1.19. The first-order valence-electron chi connectivity index (χ1n) is 5.79. The van der Waals surface area contributed by atoms with Crippen molar-refractivity contribution < 1.29 is 4.79 Å². The Balaban J connectivity index is 2.35. The van der Waals surface area contributed by atoms with Crippen LogP contribution < -0.4 is 10.6 Å². The highest BCUT2D eigenvalue weighted by Crippen LogP contribution is 2.14. The molecule has 0 aliphatic carbocycles. The summed E-state index contributed by atoms with van der Waals surface area (Å²) in [4.78, 5) is 15.4. The highest BCUT2D eigenvalue weighted by atomic mass is 32.2. The third-order valence-electron chi connectivity index (χ3n) is 2.06. The average Bonchev–Trinajstić information content (AvgIpc) is 2.30. The van der Waals surface area contributed by atoms with Gasteiger partial charge in [0.25, 0.3) is 0 Å². The molecule has 0 saturated carbocycles. The number of hydrogen-bond acceptors (Lipinski definition) is 4. The molecule has 0 spiro atoms. The van der Waals surface area contributed by atoms with Crippen LogP contribution in [0.1, 0.15) is 19.4 Å². The van der Waals surface area contributed by atoms with Gasteiger partial charge < -0.3 is 10.6 Å². The normalized spacial score (nSPS) is 10.0. The molecule has 2 N–H and O–H groups in total. The van der Waals surface area contributed by atoms with Crippen LogP contribution in [0.25, 0.3) is 0 Å². The molecule has 0 aromatic carbocycles. The topological polar surface area (TPSA) is 54.0 Å². The zero-order chi connectivity index (χ0) is 12.5. The number of rotatable bonds is 7. The monoisotopic (exact) mass is 253 g/mol. The summed E-state index contributed by atoms with van der Waals surface area (Å²) >= 11 is 1.61. The first kappa shape index (κ1) is 13.8. The van der Waals surface area contributed by atoms with Crippen molar-refractivity contribution in [3.63, 3.8) is 0 Å². The van der Waals surface area contributed by atoms with E-state index in [1.165, 1.54) is 5.56 Å². The Morgan fingerprint density at radius 3 is 2.94 bits per heavy atom. The molecule has 0 saturated heterocycles. The van der Waals surface area contributed by atoms with Gasteiger partial charge in [-0.25, -0.2) is 4.98 Å². The number of aromatic nitrogens is 1. The van der Waals surface area contributed by atoms with Crippen molar-refractivity contribution in [3.8, 4) is 0 Å². The molecule has 1 aromatic heterocycles. The summed E-state index contributed by atoms with van der Waals surface area (Å²) in [6, 6.07) is 4.00. The molecule has 0 unspecified atom stereocenters. The van der Waals surface area contributed by atoms with Gasteiger partial charge in [-0.15, -0.1) is 11.8 Å². The van der Waals surface area contributed by atoms with Crippen LogP contribution in [0.3, 0.4) is 0 Å². The number of anilines is 1. The zero-order valence-electron chi connectivity index (χ0n) is 10.3. The van der Waals surface area contributed by atoms with E-state index in [9.17, 15) is 4.79 Å². The summed E-state index contributed by atoms with van der Waals surface area (Å²) in [5.74, 6) is 2.33. The van der Waals surface area contributed by atoms with E-state index in [2.05, 4.69) is 15.6 Å². The number of thioether (sulfide) groups is 1. The largest absolute Gasteiger partial charge is 0.370 e. The standard InChI is InChI=1S/C12H19N3OS/c1-3-13-11-7-10(5-6-15-11)8-17-9-12(16)14-4-2/h5-7H,3-4,8-9H2,1-2H3,(H,13,15)(H,14,16). The fourth-order valence-corrected chi connectivity index (χ4v) is 2.16. The summed E-state index contributed by atoms with van der Waals surface area (Å²) in [6.45, 7) is 5.52. The van der Waals surface area contributed by atoms with Gasteiger partial charge in [-0.2, -0.15) is 0 Å². The fraction of sp³-hybridized carbons (Fsp3) is 0.500. The predicted octanol–water partition coefficient (Wildman–Crippen LogP) is 1.88. The summed E-state index contributed by atoms with van der Waals surface area (Å²) in [7, 11) is 0. The highest BCUT2D eigenvalue weighted by molar-refractivity contribution is 7.99. The lowest BCUT2D eigenvalue weighted by molar-refractivity contribution is -0.118. The molecule has 5 heteroatoms. The van der Waals surface area contributed by atoms with Crippen molar-refractivity contribution in [2.75, 3.05) is 24.2 Å². The maximum absolute atomic E-state index is 11.2. The van der Waals surface area contributed by atoms with Crippen molar-refractivity contribution in [2.24, 2.45) is 0 Å². The maximum atomic E-state index is 11.2. The fourth-order valence-electron chi connectivity index (χ4n) is 1.35. The Kier molecular flexibility index (Phi) is 6.47.